The molecule has 1 aromatic carbocycles. The molecule has 0 saturated carbocycles. The van der Waals surface area contributed by atoms with Gasteiger partial charge < -0.3 is 14.5 Å². The van der Waals surface area contributed by atoms with Gasteiger partial charge in [0, 0.05) is 51.0 Å². The summed E-state index contributed by atoms with van der Waals surface area (Å²) in [5.74, 6) is 0.529. The Morgan fingerprint density at radius 1 is 1.09 bits per heavy atom. The minimum Gasteiger partial charge on any atom is -0.379 e. The molecule has 174 valence electrons. The third-order valence-electron chi connectivity index (χ3n) is 6.05. The van der Waals surface area contributed by atoms with E-state index in [9.17, 15) is 13.2 Å². The van der Waals surface area contributed by atoms with Crippen LogP contribution >= 0.6 is 0 Å². The smallest absolute Gasteiger partial charge is 0.254 e. The minimum atomic E-state index is -3.70. The van der Waals surface area contributed by atoms with E-state index in [-0.39, 0.29) is 10.8 Å². The van der Waals surface area contributed by atoms with Crippen molar-refractivity contribution in [2.45, 2.75) is 18.2 Å². The summed E-state index contributed by atoms with van der Waals surface area (Å²) in [7, 11) is -3.70. The molecule has 1 aromatic heterocycles. The second-order valence-electron chi connectivity index (χ2n) is 7.99. The zero-order chi connectivity index (χ0) is 23.4. The molecule has 0 unspecified atom stereocenters. The molecule has 10 heteroatoms. The lowest BCUT2D eigenvalue weighted by Gasteiger charge is -2.35. The highest BCUT2D eigenvalue weighted by Crippen LogP contribution is 2.25. The lowest BCUT2D eigenvalue weighted by molar-refractivity contribution is 0.0729. The van der Waals surface area contributed by atoms with E-state index in [2.05, 4.69) is 11.1 Å². The maximum Gasteiger partial charge on any atom is 0.254 e. The highest BCUT2D eigenvalue weighted by Gasteiger charge is 2.30. The molecule has 2 aromatic rings. The number of hydrogen-bond donors (Lipinski definition) is 0. The molecule has 2 saturated heterocycles. The molecule has 1 amide bonds. The van der Waals surface area contributed by atoms with Gasteiger partial charge >= 0.3 is 0 Å². The first-order valence-electron chi connectivity index (χ1n) is 11.0. The van der Waals surface area contributed by atoms with Gasteiger partial charge in [0.05, 0.1) is 29.7 Å². The largest absolute Gasteiger partial charge is 0.379 e. The molecule has 3 heterocycles. The van der Waals surface area contributed by atoms with Crippen LogP contribution in [0.15, 0.2) is 41.4 Å². The lowest BCUT2D eigenvalue weighted by atomic mass is 10.1. The normalized spacial score (nSPS) is 17.6. The molecule has 0 atom stereocenters. The predicted molar refractivity (Wildman–Crippen MR) is 122 cm³/mol. The maximum absolute atomic E-state index is 13.3. The molecule has 4 rings (SSSR count). The van der Waals surface area contributed by atoms with Gasteiger partial charge in [0.2, 0.25) is 10.0 Å². The van der Waals surface area contributed by atoms with Gasteiger partial charge in [-0.3, -0.25) is 4.79 Å². The number of morpholine rings is 1. The van der Waals surface area contributed by atoms with Crippen molar-refractivity contribution in [1.29, 1.82) is 5.26 Å². The molecule has 0 bridgehead atoms. The van der Waals surface area contributed by atoms with E-state index in [1.165, 1.54) is 10.4 Å². The van der Waals surface area contributed by atoms with Crippen LogP contribution in [0.5, 0.6) is 0 Å². The average Bonchev–Trinajstić information content (AvgIpc) is 2.88. The van der Waals surface area contributed by atoms with Crippen LogP contribution in [0, 0.1) is 11.3 Å². The maximum atomic E-state index is 13.3. The summed E-state index contributed by atoms with van der Waals surface area (Å²) in [5.41, 5.74) is 1.62. The van der Waals surface area contributed by atoms with Crippen LogP contribution < -0.4 is 4.90 Å². The fourth-order valence-corrected chi connectivity index (χ4v) is 5.86. The molecular formula is C23H27N5O4S. The summed E-state index contributed by atoms with van der Waals surface area (Å²) in [6.45, 7) is 5.41. The topological polar surface area (TPSA) is 107 Å². The Kier molecular flexibility index (Phi) is 6.93. The number of carbonyl (C=O) groups is 1. The fourth-order valence-electron chi connectivity index (χ4n) is 4.13. The van der Waals surface area contributed by atoms with Crippen molar-refractivity contribution in [3.63, 3.8) is 0 Å². The quantitative estimate of drug-likeness (QED) is 0.653. The van der Waals surface area contributed by atoms with Crippen molar-refractivity contribution < 1.29 is 17.9 Å². The molecule has 2 aliphatic rings. The number of rotatable bonds is 5. The predicted octanol–water partition coefficient (Wildman–Crippen LogP) is 1.50. The number of piperazine rings is 1. The number of carbonyl (C=O) groups excluding carboxylic acids is 1. The summed E-state index contributed by atoms with van der Waals surface area (Å²) in [4.78, 5) is 21.5. The van der Waals surface area contributed by atoms with Crippen LogP contribution in [0.1, 0.15) is 28.4 Å². The van der Waals surface area contributed by atoms with Crippen molar-refractivity contribution in [2.75, 3.05) is 57.4 Å². The Bertz CT molecular complexity index is 1160. The number of ether oxygens (including phenoxy) is 1. The van der Waals surface area contributed by atoms with Gasteiger partial charge in [-0.25, -0.2) is 13.4 Å². The fraction of sp³-hybridized carbons (Fsp3) is 0.435. The van der Waals surface area contributed by atoms with E-state index in [0.717, 1.165) is 0 Å². The highest BCUT2D eigenvalue weighted by atomic mass is 32.2. The molecule has 0 radical (unpaired) electrons. The summed E-state index contributed by atoms with van der Waals surface area (Å²) in [5, 5.41) is 9.10. The van der Waals surface area contributed by atoms with Crippen LogP contribution in [0.3, 0.4) is 0 Å². The third kappa shape index (κ3) is 4.85. The number of pyridine rings is 1. The Balaban J connectivity index is 1.51. The SMILES string of the molecule is CCc1ccc(C(=O)N2CCN(c3cc(C#N)ccn3)CC2)cc1S(=O)(=O)N1CCOCC1. The summed E-state index contributed by atoms with van der Waals surface area (Å²) < 4.78 is 33.3. The van der Waals surface area contributed by atoms with Crippen molar-refractivity contribution in [3.05, 3.63) is 53.2 Å². The standard InChI is InChI=1S/C23H27N5O4S/c1-2-19-3-4-20(16-21(19)33(30,31)28-11-13-32-14-12-28)23(29)27-9-7-26(8-10-27)22-15-18(17-24)5-6-25-22/h3-6,15-16H,2,7-14H2,1H3. The van der Waals surface area contributed by atoms with E-state index < -0.39 is 10.0 Å². The first-order chi connectivity index (χ1) is 15.9. The number of aryl methyl sites for hydroxylation is 1. The van der Waals surface area contributed by atoms with Gasteiger partial charge in [-0.15, -0.1) is 0 Å². The summed E-state index contributed by atoms with van der Waals surface area (Å²) in [6.07, 6.45) is 2.16. The number of nitriles is 1. The molecule has 2 aliphatic heterocycles. The van der Waals surface area contributed by atoms with E-state index in [1.807, 2.05) is 11.8 Å². The lowest BCUT2D eigenvalue weighted by Crippen LogP contribution is -2.49. The van der Waals surface area contributed by atoms with E-state index >= 15 is 0 Å². The first kappa shape index (κ1) is 23.2. The van der Waals surface area contributed by atoms with Gasteiger partial charge in [-0.05, 0) is 36.2 Å². The Labute approximate surface area is 194 Å². The van der Waals surface area contributed by atoms with E-state index in [0.29, 0.717) is 81.4 Å². The number of aromatic nitrogens is 1. The Morgan fingerprint density at radius 3 is 2.48 bits per heavy atom. The molecule has 0 aliphatic carbocycles. The zero-order valence-corrected chi connectivity index (χ0v) is 19.4. The minimum absolute atomic E-state index is 0.186. The zero-order valence-electron chi connectivity index (χ0n) is 18.6. The van der Waals surface area contributed by atoms with Gasteiger partial charge in [0.1, 0.15) is 5.82 Å². The number of anilines is 1. The molecule has 2 fully saturated rings. The van der Waals surface area contributed by atoms with Gasteiger partial charge in [0.25, 0.3) is 5.91 Å². The highest BCUT2D eigenvalue weighted by molar-refractivity contribution is 7.89. The van der Waals surface area contributed by atoms with Crippen LogP contribution in [0.2, 0.25) is 0 Å². The van der Waals surface area contributed by atoms with Crippen LogP contribution in [0.25, 0.3) is 0 Å². The van der Waals surface area contributed by atoms with Crippen LogP contribution in [-0.4, -0.2) is 81.0 Å². The number of sulfonamides is 1. The monoisotopic (exact) mass is 469 g/mol. The average molecular weight is 470 g/mol. The summed E-state index contributed by atoms with van der Waals surface area (Å²) >= 11 is 0. The van der Waals surface area contributed by atoms with Gasteiger partial charge in [-0.1, -0.05) is 13.0 Å². The van der Waals surface area contributed by atoms with Crippen molar-refractivity contribution >= 4 is 21.7 Å². The van der Waals surface area contributed by atoms with Crippen LogP contribution in [0.4, 0.5) is 5.82 Å². The van der Waals surface area contributed by atoms with Crippen molar-refractivity contribution in [2.24, 2.45) is 0 Å². The number of benzene rings is 1. The molecule has 0 spiro atoms. The van der Waals surface area contributed by atoms with E-state index in [4.69, 9.17) is 10.00 Å². The van der Waals surface area contributed by atoms with E-state index in [1.54, 1.807) is 35.4 Å². The Hall–Kier alpha value is -3.00. The van der Waals surface area contributed by atoms with Crippen molar-refractivity contribution in [1.82, 2.24) is 14.2 Å². The number of hydrogen-bond acceptors (Lipinski definition) is 7. The van der Waals surface area contributed by atoms with Crippen LogP contribution in [-0.2, 0) is 21.2 Å². The second kappa shape index (κ2) is 9.87. The molecular weight excluding hydrogens is 442 g/mol. The Morgan fingerprint density at radius 2 is 1.82 bits per heavy atom. The molecule has 0 N–H and O–H groups in total. The molecule has 33 heavy (non-hydrogen) atoms. The first-order valence-corrected chi connectivity index (χ1v) is 12.5. The van der Waals surface area contributed by atoms with Gasteiger partial charge in [-0.2, -0.15) is 9.57 Å². The molecule has 9 nitrogen and oxygen atoms in total. The second-order valence-corrected chi connectivity index (χ2v) is 9.89. The summed E-state index contributed by atoms with van der Waals surface area (Å²) in [6, 6.07) is 10.5. The van der Waals surface area contributed by atoms with Crippen molar-refractivity contribution in [3.8, 4) is 6.07 Å². The van der Waals surface area contributed by atoms with Gasteiger partial charge in [0.15, 0.2) is 0 Å². The number of nitrogens with zero attached hydrogens (tertiary/aromatic N) is 5. The number of amides is 1. The third-order valence-corrected chi connectivity index (χ3v) is 8.03.